The van der Waals surface area contributed by atoms with E-state index in [1.54, 1.807) is 0 Å². The molecule has 0 amide bonds. The second-order valence-electron chi connectivity index (χ2n) is 3.73. The Kier molecular flexibility index (Phi) is 19.0. The quantitative estimate of drug-likeness (QED) is 0.395. The average Bonchev–Trinajstić information content (AvgIpc) is 2.16. The van der Waals surface area contributed by atoms with E-state index in [1.807, 2.05) is 0 Å². The number of hydrogen-bond acceptors (Lipinski definition) is 1. The molecule has 0 spiro atoms. The third-order valence-electron chi connectivity index (χ3n) is 2.28. The minimum absolute atomic E-state index is 0. The molecule has 1 atom stereocenters. The molecule has 2 heteroatoms. The van der Waals surface area contributed by atoms with Crippen molar-refractivity contribution in [3.8, 4) is 0 Å². The molecule has 1 unspecified atom stereocenters. The lowest BCUT2D eigenvalue weighted by Gasteiger charge is -2.03. The van der Waals surface area contributed by atoms with Crippen molar-refractivity contribution in [3.63, 3.8) is 0 Å². The van der Waals surface area contributed by atoms with E-state index in [1.165, 1.54) is 51.4 Å². The van der Waals surface area contributed by atoms with E-state index in [4.69, 9.17) is 4.74 Å². The molecule has 1 nitrogen and oxygen atoms in total. The molecule has 0 saturated heterocycles. The van der Waals surface area contributed by atoms with Gasteiger partial charge in [0.25, 0.3) is 0 Å². The summed E-state index contributed by atoms with van der Waals surface area (Å²) in [5, 5.41) is 0. The molecule has 0 bridgehead atoms. The van der Waals surface area contributed by atoms with E-state index in [9.17, 15) is 0 Å². The van der Waals surface area contributed by atoms with Crippen molar-refractivity contribution in [3.05, 3.63) is 0 Å². The van der Waals surface area contributed by atoms with Crippen LogP contribution in [0.5, 0.6) is 0 Å². The highest BCUT2D eigenvalue weighted by Crippen LogP contribution is 2.01. The maximum atomic E-state index is 5.53. The Labute approximate surface area is 93.6 Å². The van der Waals surface area contributed by atoms with Crippen molar-refractivity contribution in [2.24, 2.45) is 0 Å². The highest BCUT2D eigenvalue weighted by Gasteiger charge is 1.90. The Hall–Kier alpha value is 0.390. The molecule has 0 fully saturated rings. The second-order valence-corrected chi connectivity index (χ2v) is 3.73. The molecule has 0 rings (SSSR count). The van der Waals surface area contributed by atoms with Crippen molar-refractivity contribution in [1.82, 2.24) is 0 Å². The van der Waals surface area contributed by atoms with E-state index >= 15 is 0 Å². The van der Waals surface area contributed by atoms with Crippen molar-refractivity contribution < 1.29 is 4.74 Å². The van der Waals surface area contributed by atoms with Gasteiger partial charge in [-0.25, -0.2) is 0 Å². The van der Waals surface area contributed by atoms with Crippen LogP contribution in [-0.2, 0) is 4.74 Å². The Balaban J connectivity index is 0. The molecule has 0 aliphatic carbocycles. The van der Waals surface area contributed by atoms with Gasteiger partial charge in [0.05, 0.1) is 0 Å². The van der Waals surface area contributed by atoms with E-state index in [0.717, 1.165) is 13.2 Å². The van der Waals surface area contributed by atoms with Crippen LogP contribution in [0.3, 0.4) is 0 Å². The first-order valence-corrected chi connectivity index (χ1v) is 5.99. The predicted octanol–water partition coefficient (Wildman–Crippen LogP) is 4.22. The molecule has 14 heavy (non-hydrogen) atoms. The zero-order valence-corrected chi connectivity index (χ0v) is 11.6. The third kappa shape index (κ3) is 14.9. The summed E-state index contributed by atoms with van der Waals surface area (Å²) in [6, 6.07) is 0. The van der Waals surface area contributed by atoms with Crippen LogP contribution in [0, 0.1) is 0 Å². The van der Waals surface area contributed by atoms with Crippen molar-refractivity contribution in [2.45, 2.75) is 65.2 Å². The van der Waals surface area contributed by atoms with Crippen LogP contribution >= 0.6 is 9.90 Å². The molecule has 0 aliphatic rings. The Morgan fingerprint density at radius 2 is 1.07 bits per heavy atom. The molecule has 0 saturated carbocycles. The molecule has 0 aromatic carbocycles. The molecule has 0 aliphatic heterocycles. The monoisotopic (exact) mass is 220 g/mol. The highest BCUT2D eigenvalue weighted by molar-refractivity contribution is 6.92. The van der Waals surface area contributed by atoms with E-state index in [2.05, 4.69) is 13.8 Å². The first kappa shape index (κ1) is 16.8. The van der Waals surface area contributed by atoms with Crippen LogP contribution < -0.4 is 0 Å². The fourth-order valence-electron chi connectivity index (χ4n) is 1.36. The van der Waals surface area contributed by atoms with Gasteiger partial charge in [-0.05, 0) is 12.8 Å². The average molecular weight is 220 g/mol. The lowest BCUT2D eigenvalue weighted by Crippen LogP contribution is -1.96. The molecular weight excluding hydrogens is 191 g/mol. The Morgan fingerprint density at radius 3 is 1.43 bits per heavy atom. The van der Waals surface area contributed by atoms with Gasteiger partial charge < -0.3 is 4.74 Å². The molecular formula is C12H29OP. The van der Waals surface area contributed by atoms with Crippen LogP contribution in [0.25, 0.3) is 0 Å². The number of ether oxygens (including phenoxy) is 1. The lowest BCUT2D eigenvalue weighted by atomic mass is 10.2. The van der Waals surface area contributed by atoms with Crippen LogP contribution in [0.2, 0.25) is 0 Å². The largest absolute Gasteiger partial charge is 0.381 e. The highest BCUT2D eigenvalue weighted by atomic mass is 31.0. The minimum Gasteiger partial charge on any atom is -0.381 e. The van der Waals surface area contributed by atoms with E-state index < -0.39 is 0 Å². The maximum absolute atomic E-state index is 5.53. The maximum Gasteiger partial charge on any atom is 0.0466 e. The van der Waals surface area contributed by atoms with Gasteiger partial charge >= 0.3 is 0 Å². The summed E-state index contributed by atoms with van der Waals surface area (Å²) in [7, 11) is 0. The summed E-state index contributed by atoms with van der Waals surface area (Å²) < 4.78 is 5.53. The van der Waals surface area contributed by atoms with Crippen LogP contribution in [0.1, 0.15) is 65.2 Å². The summed E-state index contributed by atoms with van der Waals surface area (Å²) in [5.41, 5.74) is 0. The standard InChI is InChI=1S/C12H26O.H3P/c1-3-5-7-9-11-13-12-10-8-6-4-2;/h3-12H2,1-2H3;1H3. The molecule has 0 heterocycles. The lowest BCUT2D eigenvalue weighted by molar-refractivity contribution is 0.126. The van der Waals surface area contributed by atoms with Gasteiger partial charge in [0, 0.05) is 13.2 Å². The summed E-state index contributed by atoms with van der Waals surface area (Å²) in [6.07, 6.45) is 10.5. The Morgan fingerprint density at radius 1 is 0.643 bits per heavy atom. The van der Waals surface area contributed by atoms with Gasteiger partial charge in [0.1, 0.15) is 0 Å². The molecule has 0 radical (unpaired) electrons. The summed E-state index contributed by atoms with van der Waals surface area (Å²) >= 11 is 0. The normalized spacial score (nSPS) is 9.86. The zero-order valence-electron chi connectivity index (χ0n) is 10.2. The van der Waals surface area contributed by atoms with E-state index in [0.29, 0.717) is 0 Å². The molecule has 0 N–H and O–H groups in total. The van der Waals surface area contributed by atoms with Gasteiger partial charge in [-0.2, -0.15) is 9.90 Å². The van der Waals surface area contributed by atoms with Crippen molar-refractivity contribution >= 4 is 9.90 Å². The summed E-state index contributed by atoms with van der Waals surface area (Å²) in [4.78, 5) is 0. The number of unbranched alkanes of at least 4 members (excludes halogenated alkanes) is 6. The summed E-state index contributed by atoms with van der Waals surface area (Å²) in [6.45, 7) is 6.44. The Bertz CT molecular complexity index is 76.4. The third-order valence-corrected chi connectivity index (χ3v) is 2.28. The van der Waals surface area contributed by atoms with Crippen LogP contribution in [0.4, 0.5) is 0 Å². The predicted molar refractivity (Wildman–Crippen MR) is 70.2 cm³/mol. The molecule has 88 valence electrons. The second kappa shape index (κ2) is 15.8. The first-order valence-electron chi connectivity index (χ1n) is 5.99. The fourth-order valence-corrected chi connectivity index (χ4v) is 1.36. The smallest absolute Gasteiger partial charge is 0.0466 e. The molecule has 0 aromatic heterocycles. The van der Waals surface area contributed by atoms with Crippen LogP contribution in [0.15, 0.2) is 0 Å². The van der Waals surface area contributed by atoms with Gasteiger partial charge in [-0.15, -0.1) is 0 Å². The van der Waals surface area contributed by atoms with Crippen molar-refractivity contribution in [2.75, 3.05) is 13.2 Å². The molecule has 0 aromatic rings. The van der Waals surface area contributed by atoms with E-state index in [-0.39, 0.29) is 9.90 Å². The number of hydrogen-bond donors (Lipinski definition) is 0. The SMILES string of the molecule is CCCCCCOCCCCCC.P. The summed E-state index contributed by atoms with van der Waals surface area (Å²) in [5.74, 6) is 0. The van der Waals surface area contributed by atoms with Gasteiger partial charge in [0.15, 0.2) is 0 Å². The zero-order chi connectivity index (χ0) is 9.78. The van der Waals surface area contributed by atoms with Crippen LogP contribution in [-0.4, -0.2) is 13.2 Å². The van der Waals surface area contributed by atoms with Gasteiger partial charge in [0.2, 0.25) is 0 Å². The minimum atomic E-state index is 0. The first-order chi connectivity index (χ1) is 6.41. The fraction of sp³-hybridized carbons (Fsp3) is 1.00. The number of rotatable bonds is 10. The van der Waals surface area contributed by atoms with Gasteiger partial charge in [-0.3, -0.25) is 0 Å². The topological polar surface area (TPSA) is 9.23 Å². The van der Waals surface area contributed by atoms with Gasteiger partial charge in [-0.1, -0.05) is 52.4 Å². The van der Waals surface area contributed by atoms with Crippen molar-refractivity contribution in [1.29, 1.82) is 0 Å².